The van der Waals surface area contributed by atoms with Crippen molar-refractivity contribution in [1.82, 2.24) is 19.8 Å². The van der Waals surface area contributed by atoms with E-state index in [1.165, 1.54) is 0 Å². The minimum absolute atomic E-state index is 0.620. The molecule has 16 nitrogen and oxygen atoms in total. The second-order valence-corrected chi connectivity index (χ2v) is 11.4. The first-order valence-corrected chi connectivity index (χ1v) is 15.1. The molecule has 8 N–H and O–H groups in total. The largest absolute Gasteiger partial charge is 0.339 e. The van der Waals surface area contributed by atoms with E-state index in [0.717, 1.165) is 24.3 Å². The highest BCUT2D eigenvalue weighted by molar-refractivity contribution is 7.53. The van der Waals surface area contributed by atoms with E-state index in [0.29, 0.717) is 12.1 Å². The predicted octanol–water partition coefficient (Wildman–Crippen LogP) is 0.288. The molecule has 0 bridgehead atoms. The number of hydrogen-bond acceptors (Lipinski definition) is 8. The maximum absolute atomic E-state index is 12.0. The number of hydrogen-bond donors (Lipinski definition) is 8. The Balaban J connectivity index is 2.89. The van der Waals surface area contributed by atoms with E-state index < -0.39 is 101 Å². The number of pyridine rings is 2. The van der Waals surface area contributed by atoms with Crippen LogP contribution in [0.1, 0.15) is 27.8 Å². The van der Waals surface area contributed by atoms with Crippen LogP contribution in [-0.2, 0) is 31.3 Å². The zero-order valence-corrected chi connectivity index (χ0v) is 20.8. The molecule has 2 aromatic heterocycles. The fourth-order valence-electron chi connectivity index (χ4n) is 2.17. The standard InChI is InChI=1S/C16H26N4O12P4/c21-33(22,23)9-19(10-34(24,25)26)7-13-3-1-5-15(17-13)16-6-2-4-14(18-16)8-20(11-35(27,28)29)12-36(30,31)32/h1-6H,7-12H2,(H2,21,22,23)(H2,24,25,26)(H2,27,28,29)(H2,30,31,32)/i7D2,8D2,9D2,10D2,11D2,12D2. The molecule has 0 saturated heterocycles. The van der Waals surface area contributed by atoms with Gasteiger partial charge in [-0.3, -0.25) is 28.1 Å². The van der Waals surface area contributed by atoms with Crippen molar-refractivity contribution in [2.45, 2.75) is 13.0 Å². The Morgan fingerprint density at radius 1 is 0.583 bits per heavy atom. The van der Waals surface area contributed by atoms with E-state index >= 15 is 0 Å². The van der Waals surface area contributed by atoms with Gasteiger partial charge in [-0.15, -0.1) is 0 Å². The summed E-state index contributed by atoms with van der Waals surface area (Å²) in [6, 6.07) is 4.95. The summed E-state index contributed by atoms with van der Waals surface area (Å²) >= 11 is 0. The van der Waals surface area contributed by atoms with E-state index in [4.69, 9.17) is 16.4 Å². The first-order chi connectivity index (χ1) is 20.9. The smallest absolute Gasteiger partial charge is 0.324 e. The third kappa shape index (κ3) is 12.9. The Hall–Kier alpha value is -1.18. The highest BCUT2D eigenvalue weighted by Crippen LogP contribution is 2.42. The second kappa shape index (κ2) is 12.1. The van der Waals surface area contributed by atoms with Crippen molar-refractivity contribution in [2.75, 3.05) is 25.0 Å². The zero-order chi connectivity index (χ0) is 38.1. The number of nitrogens with zero attached hydrogens (tertiary/aromatic N) is 4. The molecule has 0 aliphatic heterocycles. The van der Waals surface area contributed by atoms with Gasteiger partial charge in [-0.1, -0.05) is 12.1 Å². The predicted molar refractivity (Wildman–Crippen MR) is 126 cm³/mol. The van der Waals surface area contributed by atoms with Gasteiger partial charge in [0.05, 0.1) is 33.7 Å². The third-order valence-corrected chi connectivity index (χ3v) is 4.98. The van der Waals surface area contributed by atoms with E-state index in [1.54, 1.807) is 0 Å². The van der Waals surface area contributed by atoms with Crippen molar-refractivity contribution in [3.63, 3.8) is 0 Å². The van der Waals surface area contributed by atoms with Crippen LogP contribution in [0.4, 0.5) is 0 Å². The van der Waals surface area contributed by atoms with Crippen molar-refractivity contribution >= 4 is 30.4 Å². The lowest BCUT2D eigenvalue weighted by molar-refractivity contribution is 0.268. The Morgan fingerprint density at radius 2 is 0.861 bits per heavy atom. The van der Waals surface area contributed by atoms with Gasteiger partial charge in [0, 0.05) is 18.5 Å². The molecule has 2 aromatic rings. The van der Waals surface area contributed by atoms with Gasteiger partial charge in [0.25, 0.3) is 0 Å². The van der Waals surface area contributed by atoms with Crippen molar-refractivity contribution in [3.05, 3.63) is 47.8 Å². The van der Waals surface area contributed by atoms with E-state index in [2.05, 4.69) is 9.97 Å². The zero-order valence-electron chi connectivity index (χ0n) is 29.3. The highest BCUT2D eigenvalue weighted by Gasteiger charge is 2.27. The first kappa shape index (κ1) is 17.4. The van der Waals surface area contributed by atoms with E-state index in [1.807, 2.05) is 0 Å². The van der Waals surface area contributed by atoms with Gasteiger partial charge < -0.3 is 39.1 Å². The molecule has 0 atom stereocenters. The van der Waals surface area contributed by atoms with Crippen LogP contribution >= 0.6 is 30.4 Å². The van der Waals surface area contributed by atoms with Crippen LogP contribution in [0.15, 0.2) is 36.4 Å². The summed E-state index contributed by atoms with van der Waals surface area (Å²) in [6.45, 7) is -7.90. The molecule has 2 rings (SSSR count). The summed E-state index contributed by atoms with van der Waals surface area (Å²) in [4.78, 5) is 81.6. The lowest BCUT2D eigenvalue weighted by atomic mass is 10.2. The van der Waals surface area contributed by atoms with Gasteiger partial charge in [0.2, 0.25) is 0 Å². The Kier molecular flexibility index (Phi) is 5.86. The van der Waals surface area contributed by atoms with Crippen LogP contribution in [0.25, 0.3) is 11.4 Å². The molecule has 20 heteroatoms. The van der Waals surface area contributed by atoms with E-state index in [-0.39, 0.29) is 0 Å². The van der Waals surface area contributed by atoms with Crippen molar-refractivity contribution < 1.29 is 73.9 Å². The molecule has 0 radical (unpaired) electrons. The normalized spacial score (nSPS) is 20.8. The average Bonchev–Trinajstić information content (AvgIpc) is 2.85. The summed E-state index contributed by atoms with van der Waals surface area (Å²) in [7, 11) is -25.1. The molecule has 0 aliphatic rings. The maximum Gasteiger partial charge on any atom is 0.339 e. The molecule has 0 aliphatic carbocycles. The van der Waals surface area contributed by atoms with Gasteiger partial charge in [-0.05, 0) is 24.3 Å². The van der Waals surface area contributed by atoms with Crippen LogP contribution in [0.2, 0.25) is 0 Å². The summed E-state index contributed by atoms with van der Waals surface area (Å²) in [5.41, 5.74) is -3.63. The molecule has 2 heterocycles. The molecular weight excluding hydrogens is 564 g/mol. The van der Waals surface area contributed by atoms with E-state index in [9.17, 15) is 57.4 Å². The SMILES string of the molecule is [2H]C([2H])(c1cccc(-c2cccc(C([2H])([2H])N(C([2H])([2H])P(=O)(O)O)C([2H])([2H])P(=O)(O)O)n2)n1)N(C([2H])([2H])P(=O)(O)O)C([2H])([2H])P(=O)(O)O. The van der Waals surface area contributed by atoms with Gasteiger partial charge in [0.1, 0.15) is 25.0 Å². The number of rotatable bonds is 13. The summed E-state index contributed by atoms with van der Waals surface area (Å²) in [6.07, 6.45) is -17.9. The fraction of sp³-hybridized carbons (Fsp3) is 0.375. The van der Waals surface area contributed by atoms with Crippen LogP contribution in [0.3, 0.4) is 0 Å². The Bertz CT molecular complexity index is 1550. The number of aromatic nitrogens is 2. The van der Waals surface area contributed by atoms with Gasteiger partial charge in [-0.2, -0.15) is 0 Å². The van der Waals surface area contributed by atoms with Crippen molar-refractivity contribution in [1.29, 1.82) is 0 Å². The van der Waals surface area contributed by atoms with Crippen LogP contribution in [0, 0.1) is 0 Å². The summed E-state index contributed by atoms with van der Waals surface area (Å²) < 4.78 is 143. The summed E-state index contributed by atoms with van der Waals surface area (Å²) in [5.74, 6) is 0. The minimum atomic E-state index is -6.29. The fourth-order valence-corrected chi connectivity index (χ4v) is 3.77. The molecular formula is C16H26N4O12P4. The maximum atomic E-state index is 12.0. The third-order valence-electron chi connectivity index (χ3n) is 3.13. The highest BCUT2D eigenvalue weighted by atomic mass is 31.2. The van der Waals surface area contributed by atoms with Crippen LogP contribution in [-0.4, -0.2) is 83.9 Å². The first-order valence-electron chi connectivity index (χ1n) is 14.7. The molecule has 0 saturated carbocycles. The van der Waals surface area contributed by atoms with Crippen LogP contribution in [0.5, 0.6) is 0 Å². The lowest BCUT2D eigenvalue weighted by Gasteiger charge is -2.23. The molecule has 202 valence electrons. The molecule has 0 unspecified atom stereocenters. The van der Waals surface area contributed by atoms with Gasteiger partial charge in [0.15, 0.2) is 0 Å². The quantitative estimate of drug-likeness (QED) is 0.143. The molecule has 0 amide bonds. The lowest BCUT2D eigenvalue weighted by Crippen LogP contribution is -2.26. The molecule has 36 heavy (non-hydrogen) atoms. The molecule has 0 spiro atoms. The summed E-state index contributed by atoms with van der Waals surface area (Å²) in [5, 5.41) is 0. The Morgan fingerprint density at radius 3 is 1.11 bits per heavy atom. The average molecular weight is 602 g/mol. The monoisotopic (exact) mass is 602 g/mol. The Labute approximate surface area is 222 Å². The van der Waals surface area contributed by atoms with Gasteiger partial charge in [-0.25, -0.2) is 9.97 Å². The van der Waals surface area contributed by atoms with Gasteiger partial charge >= 0.3 is 30.4 Å². The van der Waals surface area contributed by atoms with Crippen molar-refractivity contribution in [2.24, 2.45) is 0 Å². The molecule has 0 aromatic carbocycles. The topological polar surface area (TPSA) is 262 Å². The molecule has 0 fully saturated rings. The minimum Gasteiger partial charge on any atom is -0.324 e. The van der Waals surface area contributed by atoms with Crippen LogP contribution < -0.4 is 0 Å². The van der Waals surface area contributed by atoms with Crippen molar-refractivity contribution in [3.8, 4) is 11.4 Å². The second-order valence-electron chi connectivity index (χ2n) is 6.29.